The average molecular weight is 339 g/mol. The Morgan fingerprint density at radius 3 is 2.64 bits per heavy atom. The van der Waals surface area contributed by atoms with Crippen LogP contribution in [0.15, 0.2) is 48.7 Å². The molecule has 25 heavy (non-hydrogen) atoms. The van der Waals surface area contributed by atoms with E-state index in [0.29, 0.717) is 16.8 Å². The Hall–Kier alpha value is -2.86. The van der Waals surface area contributed by atoms with E-state index in [1.54, 1.807) is 18.3 Å². The SMILES string of the molecule is O=C1Nc2cccc(F)c2/C1=C\Nc1ccc(N2CCOCC2)cc1. The summed E-state index contributed by atoms with van der Waals surface area (Å²) in [5.74, 6) is -0.718. The number of anilines is 3. The molecular weight excluding hydrogens is 321 g/mol. The standard InChI is InChI=1S/C19H18FN3O2/c20-16-2-1-3-17-18(16)15(19(24)22-17)12-21-13-4-6-14(7-5-13)23-8-10-25-11-9-23/h1-7,12,21H,8-11H2,(H,22,24)/b15-12+. The molecular formula is C19H18FN3O2. The molecule has 6 heteroatoms. The first-order chi connectivity index (χ1) is 12.2. The lowest BCUT2D eigenvalue weighted by Crippen LogP contribution is -2.36. The molecule has 0 unspecified atom stereocenters. The molecule has 2 N–H and O–H groups in total. The van der Waals surface area contributed by atoms with E-state index in [4.69, 9.17) is 4.74 Å². The lowest BCUT2D eigenvalue weighted by atomic mass is 10.1. The molecule has 0 aromatic heterocycles. The minimum Gasteiger partial charge on any atom is -0.378 e. The second-order valence-electron chi connectivity index (χ2n) is 5.97. The summed E-state index contributed by atoms with van der Waals surface area (Å²) in [5, 5.41) is 5.75. The van der Waals surface area contributed by atoms with Crippen LogP contribution in [0.2, 0.25) is 0 Å². The van der Waals surface area contributed by atoms with Crippen molar-refractivity contribution in [3.8, 4) is 0 Å². The van der Waals surface area contributed by atoms with Crippen molar-refractivity contribution >= 4 is 28.5 Å². The van der Waals surface area contributed by atoms with E-state index in [2.05, 4.69) is 15.5 Å². The summed E-state index contributed by atoms with van der Waals surface area (Å²) in [7, 11) is 0. The Kier molecular flexibility index (Phi) is 4.11. The van der Waals surface area contributed by atoms with Crippen LogP contribution in [0, 0.1) is 5.82 Å². The number of rotatable bonds is 3. The Morgan fingerprint density at radius 1 is 1.12 bits per heavy atom. The van der Waals surface area contributed by atoms with E-state index in [-0.39, 0.29) is 5.91 Å². The fraction of sp³-hybridized carbons (Fsp3) is 0.211. The number of ether oxygens (including phenoxy) is 1. The maximum absolute atomic E-state index is 14.0. The molecule has 0 saturated carbocycles. The van der Waals surface area contributed by atoms with Crippen molar-refractivity contribution in [2.45, 2.75) is 0 Å². The molecule has 128 valence electrons. The quantitative estimate of drug-likeness (QED) is 0.844. The van der Waals surface area contributed by atoms with Gasteiger partial charge in [-0.05, 0) is 36.4 Å². The van der Waals surface area contributed by atoms with Crippen molar-refractivity contribution in [3.05, 3.63) is 60.0 Å². The maximum Gasteiger partial charge on any atom is 0.257 e. The first-order valence-electron chi connectivity index (χ1n) is 8.22. The van der Waals surface area contributed by atoms with Crippen LogP contribution >= 0.6 is 0 Å². The van der Waals surface area contributed by atoms with Gasteiger partial charge in [-0.25, -0.2) is 4.39 Å². The number of carbonyl (C=O) groups is 1. The molecule has 4 rings (SSSR count). The Labute approximate surface area is 145 Å². The number of carbonyl (C=O) groups excluding carboxylic acids is 1. The predicted octanol–water partition coefficient (Wildman–Crippen LogP) is 3.07. The van der Waals surface area contributed by atoms with Crippen LogP contribution in [-0.2, 0) is 9.53 Å². The maximum atomic E-state index is 14.0. The molecule has 0 radical (unpaired) electrons. The highest BCUT2D eigenvalue weighted by molar-refractivity contribution is 6.31. The van der Waals surface area contributed by atoms with Crippen LogP contribution in [0.5, 0.6) is 0 Å². The number of fused-ring (bicyclic) bond motifs is 1. The number of nitrogens with zero attached hydrogens (tertiary/aromatic N) is 1. The highest BCUT2D eigenvalue weighted by Gasteiger charge is 2.27. The number of hydrogen-bond donors (Lipinski definition) is 2. The van der Waals surface area contributed by atoms with Gasteiger partial charge in [-0.1, -0.05) is 6.07 Å². The van der Waals surface area contributed by atoms with Crippen LogP contribution in [0.3, 0.4) is 0 Å². The van der Waals surface area contributed by atoms with E-state index >= 15 is 0 Å². The normalized spacial score (nSPS) is 18.2. The number of benzene rings is 2. The molecule has 5 nitrogen and oxygen atoms in total. The topological polar surface area (TPSA) is 53.6 Å². The zero-order chi connectivity index (χ0) is 17.2. The number of halogens is 1. The lowest BCUT2D eigenvalue weighted by Gasteiger charge is -2.28. The van der Waals surface area contributed by atoms with Crippen molar-refractivity contribution in [2.75, 3.05) is 41.8 Å². The summed E-state index contributed by atoms with van der Waals surface area (Å²) in [6.45, 7) is 3.25. The van der Waals surface area contributed by atoms with Crippen molar-refractivity contribution < 1.29 is 13.9 Å². The molecule has 2 aliphatic heterocycles. The second kappa shape index (κ2) is 6.57. The Balaban J connectivity index is 1.51. The van der Waals surface area contributed by atoms with Gasteiger partial charge in [0.1, 0.15) is 5.82 Å². The number of nitrogens with one attached hydrogen (secondary N) is 2. The number of morpholine rings is 1. The predicted molar refractivity (Wildman–Crippen MR) is 96.1 cm³/mol. The van der Waals surface area contributed by atoms with Crippen molar-refractivity contribution in [3.63, 3.8) is 0 Å². The summed E-state index contributed by atoms with van der Waals surface area (Å²) in [5.41, 5.74) is 3.08. The van der Waals surface area contributed by atoms with Crippen LogP contribution in [0.25, 0.3) is 5.57 Å². The highest BCUT2D eigenvalue weighted by Crippen LogP contribution is 2.33. The minimum atomic E-state index is -0.411. The monoisotopic (exact) mass is 339 g/mol. The van der Waals surface area contributed by atoms with Crippen LogP contribution in [-0.4, -0.2) is 32.2 Å². The molecule has 0 spiro atoms. The van der Waals surface area contributed by atoms with Gasteiger partial charge in [-0.2, -0.15) is 0 Å². The van der Waals surface area contributed by atoms with Crippen molar-refractivity contribution in [2.24, 2.45) is 0 Å². The molecule has 0 atom stereocenters. The van der Waals surface area contributed by atoms with Gasteiger partial charge in [0.15, 0.2) is 0 Å². The summed E-state index contributed by atoms with van der Waals surface area (Å²) in [6, 6.07) is 12.5. The van der Waals surface area contributed by atoms with E-state index in [9.17, 15) is 9.18 Å². The van der Waals surface area contributed by atoms with Gasteiger partial charge in [0.05, 0.1) is 24.5 Å². The van der Waals surface area contributed by atoms with E-state index < -0.39 is 5.82 Å². The smallest absolute Gasteiger partial charge is 0.257 e. The summed E-state index contributed by atoms with van der Waals surface area (Å²) in [4.78, 5) is 14.3. The van der Waals surface area contributed by atoms with Crippen LogP contribution in [0.4, 0.5) is 21.5 Å². The number of hydrogen-bond acceptors (Lipinski definition) is 4. The molecule has 2 aromatic rings. The van der Waals surface area contributed by atoms with Gasteiger partial charge < -0.3 is 20.3 Å². The van der Waals surface area contributed by atoms with E-state index in [0.717, 1.165) is 37.7 Å². The fourth-order valence-electron chi connectivity index (χ4n) is 3.09. The largest absolute Gasteiger partial charge is 0.378 e. The van der Waals surface area contributed by atoms with Crippen molar-refractivity contribution in [1.82, 2.24) is 0 Å². The lowest BCUT2D eigenvalue weighted by molar-refractivity contribution is -0.110. The summed E-state index contributed by atoms with van der Waals surface area (Å²) in [6.07, 6.45) is 1.55. The minimum absolute atomic E-state index is 0.297. The van der Waals surface area contributed by atoms with Gasteiger partial charge in [-0.15, -0.1) is 0 Å². The molecule has 2 aromatic carbocycles. The third-order valence-electron chi connectivity index (χ3n) is 4.40. The Morgan fingerprint density at radius 2 is 1.88 bits per heavy atom. The van der Waals surface area contributed by atoms with E-state index in [1.807, 2.05) is 24.3 Å². The fourth-order valence-corrected chi connectivity index (χ4v) is 3.09. The van der Waals surface area contributed by atoms with Gasteiger partial charge in [0.2, 0.25) is 0 Å². The zero-order valence-corrected chi connectivity index (χ0v) is 13.6. The molecule has 2 heterocycles. The van der Waals surface area contributed by atoms with Gasteiger partial charge in [-0.3, -0.25) is 4.79 Å². The Bertz CT molecular complexity index is 827. The summed E-state index contributed by atoms with van der Waals surface area (Å²) < 4.78 is 19.4. The van der Waals surface area contributed by atoms with Crippen molar-refractivity contribution in [1.29, 1.82) is 0 Å². The zero-order valence-electron chi connectivity index (χ0n) is 13.6. The molecule has 1 amide bonds. The van der Waals surface area contributed by atoms with Crippen LogP contribution in [0.1, 0.15) is 5.56 Å². The van der Waals surface area contributed by atoms with Gasteiger partial charge in [0, 0.05) is 36.2 Å². The highest BCUT2D eigenvalue weighted by atomic mass is 19.1. The van der Waals surface area contributed by atoms with Gasteiger partial charge >= 0.3 is 0 Å². The van der Waals surface area contributed by atoms with E-state index in [1.165, 1.54) is 6.07 Å². The molecule has 0 bridgehead atoms. The third kappa shape index (κ3) is 3.08. The number of amides is 1. The third-order valence-corrected chi connectivity index (χ3v) is 4.40. The molecule has 0 aliphatic carbocycles. The average Bonchev–Trinajstić information content (AvgIpc) is 2.98. The molecule has 2 aliphatic rings. The van der Waals surface area contributed by atoms with Gasteiger partial charge in [0.25, 0.3) is 5.91 Å². The van der Waals surface area contributed by atoms with Crippen LogP contribution < -0.4 is 15.5 Å². The first-order valence-corrected chi connectivity index (χ1v) is 8.22. The molecule has 1 saturated heterocycles. The first kappa shape index (κ1) is 15.7. The summed E-state index contributed by atoms with van der Waals surface area (Å²) >= 11 is 0. The molecule has 1 fully saturated rings. The second-order valence-corrected chi connectivity index (χ2v) is 5.97.